The summed E-state index contributed by atoms with van der Waals surface area (Å²) < 4.78 is 5.45. The van der Waals surface area contributed by atoms with Crippen molar-refractivity contribution in [2.45, 2.75) is 18.9 Å². The highest BCUT2D eigenvalue weighted by Gasteiger charge is 2.34. The standard InChI is InChI=1S/C14H19ClN2O2/c1-17(13(8-16)10-5-6-10)14(18)9-19-12-4-2-3-11(15)7-12/h2-4,7,10,13H,5-6,8-9,16H2,1H3. The number of likely N-dealkylation sites (N-methyl/N-ethyl adjacent to an activating group) is 1. The van der Waals surface area contributed by atoms with E-state index in [-0.39, 0.29) is 18.6 Å². The first-order chi connectivity index (χ1) is 9.11. The van der Waals surface area contributed by atoms with Gasteiger partial charge in [-0.1, -0.05) is 17.7 Å². The lowest BCUT2D eigenvalue weighted by atomic mass is 10.1. The molecular weight excluding hydrogens is 264 g/mol. The maximum absolute atomic E-state index is 12.0. The molecule has 5 heteroatoms. The molecule has 0 spiro atoms. The first-order valence-electron chi connectivity index (χ1n) is 6.46. The number of amides is 1. The molecule has 0 radical (unpaired) electrons. The van der Waals surface area contributed by atoms with Crippen molar-refractivity contribution in [1.29, 1.82) is 0 Å². The molecule has 2 rings (SSSR count). The van der Waals surface area contributed by atoms with Crippen LogP contribution in [0.5, 0.6) is 5.75 Å². The van der Waals surface area contributed by atoms with Gasteiger partial charge in [-0.25, -0.2) is 0 Å². The molecule has 1 atom stereocenters. The van der Waals surface area contributed by atoms with E-state index in [1.807, 2.05) is 0 Å². The Kier molecular flexibility index (Phi) is 4.66. The third kappa shape index (κ3) is 3.85. The van der Waals surface area contributed by atoms with Gasteiger partial charge in [-0.3, -0.25) is 4.79 Å². The second-order valence-electron chi connectivity index (χ2n) is 4.89. The van der Waals surface area contributed by atoms with E-state index in [1.165, 1.54) is 0 Å². The van der Waals surface area contributed by atoms with Crippen LogP contribution < -0.4 is 10.5 Å². The smallest absolute Gasteiger partial charge is 0.260 e. The fourth-order valence-electron chi connectivity index (χ4n) is 2.14. The summed E-state index contributed by atoms with van der Waals surface area (Å²) in [7, 11) is 1.79. The molecule has 0 aliphatic heterocycles. The molecule has 1 aromatic carbocycles. The van der Waals surface area contributed by atoms with Crippen molar-refractivity contribution < 1.29 is 9.53 Å². The van der Waals surface area contributed by atoms with Crippen molar-refractivity contribution in [1.82, 2.24) is 4.90 Å². The van der Waals surface area contributed by atoms with Gasteiger partial charge in [0.1, 0.15) is 5.75 Å². The molecule has 0 aromatic heterocycles. The summed E-state index contributed by atoms with van der Waals surface area (Å²) in [5.41, 5.74) is 5.73. The molecule has 0 saturated heterocycles. The van der Waals surface area contributed by atoms with Crippen LogP contribution in [0.4, 0.5) is 0 Å². The Morgan fingerprint density at radius 1 is 1.58 bits per heavy atom. The van der Waals surface area contributed by atoms with Gasteiger partial charge < -0.3 is 15.4 Å². The lowest BCUT2D eigenvalue weighted by molar-refractivity contribution is -0.134. The first-order valence-corrected chi connectivity index (χ1v) is 6.83. The van der Waals surface area contributed by atoms with E-state index in [2.05, 4.69) is 0 Å². The predicted molar refractivity (Wildman–Crippen MR) is 75.3 cm³/mol. The van der Waals surface area contributed by atoms with Crippen molar-refractivity contribution in [3.05, 3.63) is 29.3 Å². The van der Waals surface area contributed by atoms with E-state index in [0.29, 0.717) is 23.2 Å². The molecule has 0 bridgehead atoms. The Morgan fingerprint density at radius 3 is 2.89 bits per heavy atom. The van der Waals surface area contributed by atoms with Gasteiger partial charge in [-0.2, -0.15) is 0 Å². The van der Waals surface area contributed by atoms with E-state index in [0.717, 1.165) is 12.8 Å². The molecule has 1 aliphatic carbocycles. The largest absolute Gasteiger partial charge is 0.484 e. The van der Waals surface area contributed by atoms with E-state index in [4.69, 9.17) is 22.1 Å². The highest BCUT2D eigenvalue weighted by Crippen LogP contribution is 2.34. The van der Waals surface area contributed by atoms with Gasteiger partial charge in [-0.15, -0.1) is 0 Å². The van der Waals surface area contributed by atoms with Gasteiger partial charge in [-0.05, 0) is 37.0 Å². The van der Waals surface area contributed by atoms with Crippen LogP contribution in [0.3, 0.4) is 0 Å². The second kappa shape index (κ2) is 6.26. The number of ether oxygens (including phenoxy) is 1. The molecule has 104 valence electrons. The predicted octanol–water partition coefficient (Wildman–Crippen LogP) is 1.91. The van der Waals surface area contributed by atoms with Gasteiger partial charge in [0.25, 0.3) is 5.91 Å². The van der Waals surface area contributed by atoms with Crippen LogP contribution in [0.15, 0.2) is 24.3 Å². The Hall–Kier alpha value is -1.26. The van der Waals surface area contributed by atoms with Crippen molar-refractivity contribution in [3.63, 3.8) is 0 Å². The normalized spacial score (nSPS) is 15.9. The SMILES string of the molecule is CN(C(=O)COc1cccc(Cl)c1)C(CN)C1CC1. The number of carbonyl (C=O) groups excluding carboxylic acids is 1. The minimum Gasteiger partial charge on any atom is -0.484 e. The van der Waals surface area contributed by atoms with E-state index < -0.39 is 0 Å². The summed E-state index contributed by atoms with van der Waals surface area (Å²) in [6, 6.07) is 7.16. The molecule has 1 unspecified atom stereocenters. The monoisotopic (exact) mass is 282 g/mol. The molecule has 2 N–H and O–H groups in total. The summed E-state index contributed by atoms with van der Waals surface area (Å²) in [5, 5.41) is 0.594. The lowest BCUT2D eigenvalue weighted by Gasteiger charge is -2.27. The average molecular weight is 283 g/mol. The van der Waals surface area contributed by atoms with Crippen LogP contribution >= 0.6 is 11.6 Å². The summed E-state index contributed by atoms with van der Waals surface area (Å²) in [6.07, 6.45) is 2.32. The summed E-state index contributed by atoms with van der Waals surface area (Å²) in [5.74, 6) is 1.11. The Bertz CT molecular complexity index is 449. The zero-order valence-corrected chi connectivity index (χ0v) is 11.8. The first kappa shape index (κ1) is 14.2. The van der Waals surface area contributed by atoms with Crippen LogP contribution in [0.2, 0.25) is 5.02 Å². The quantitative estimate of drug-likeness (QED) is 0.867. The Balaban J connectivity index is 1.86. The summed E-state index contributed by atoms with van der Waals surface area (Å²) >= 11 is 5.85. The van der Waals surface area contributed by atoms with E-state index in [1.54, 1.807) is 36.2 Å². The van der Waals surface area contributed by atoms with Crippen LogP contribution in [0.25, 0.3) is 0 Å². The highest BCUT2D eigenvalue weighted by atomic mass is 35.5. The molecular formula is C14H19ClN2O2. The highest BCUT2D eigenvalue weighted by molar-refractivity contribution is 6.30. The topological polar surface area (TPSA) is 55.6 Å². The van der Waals surface area contributed by atoms with Crippen molar-refractivity contribution in [3.8, 4) is 5.75 Å². The minimum absolute atomic E-state index is 0.0140. The number of halogens is 1. The molecule has 4 nitrogen and oxygen atoms in total. The average Bonchev–Trinajstić information content (AvgIpc) is 3.21. The molecule has 1 saturated carbocycles. The molecule has 1 amide bonds. The number of nitrogens with zero attached hydrogens (tertiary/aromatic N) is 1. The maximum Gasteiger partial charge on any atom is 0.260 e. The second-order valence-corrected chi connectivity index (χ2v) is 5.33. The van der Waals surface area contributed by atoms with Crippen molar-refractivity contribution >= 4 is 17.5 Å². The van der Waals surface area contributed by atoms with Gasteiger partial charge in [0.2, 0.25) is 0 Å². The molecule has 19 heavy (non-hydrogen) atoms. The number of nitrogens with two attached hydrogens (primary N) is 1. The fraction of sp³-hybridized carbons (Fsp3) is 0.500. The van der Waals surface area contributed by atoms with Gasteiger partial charge >= 0.3 is 0 Å². The molecule has 1 aromatic rings. The number of carbonyl (C=O) groups is 1. The minimum atomic E-state index is -0.0534. The van der Waals surface area contributed by atoms with E-state index in [9.17, 15) is 4.79 Å². The van der Waals surface area contributed by atoms with Gasteiger partial charge in [0.15, 0.2) is 6.61 Å². The van der Waals surface area contributed by atoms with Crippen molar-refractivity contribution in [2.75, 3.05) is 20.2 Å². The molecule has 1 fully saturated rings. The van der Waals surface area contributed by atoms with Crippen molar-refractivity contribution in [2.24, 2.45) is 11.7 Å². The zero-order valence-electron chi connectivity index (χ0n) is 11.0. The fourth-order valence-corrected chi connectivity index (χ4v) is 2.32. The third-order valence-corrected chi connectivity index (χ3v) is 3.69. The summed E-state index contributed by atoms with van der Waals surface area (Å²) in [4.78, 5) is 13.8. The van der Waals surface area contributed by atoms with Crippen LogP contribution in [-0.2, 0) is 4.79 Å². The Labute approximate surface area is 118 Å². The molecule has 0 heterocycles. The number of hydrogen-bond acceptors (Lipinski definition) is 3. The van der Waals surface area contributed by atoms with E-state index >= 15 is 0 Å². The Morgan fingerprint density at radius 2 is 2.32 bits per heavy atom. The number of benzene rings is 1. The van der Waals surface area contributed by atoms with Crippen LogP contribution in [0.1, 0.15) is 12.8 Å². The van der Waals surface area contributed by atoms with Gasteiger partial charge in [0, 0.05) is 24.7 Å². The van der Waals surface area contributed by atoms with Gasteiger partial charge in [0.05, 0.1) is 0 Å². The summed E-state index contributed by atoms with van der Waals surface area (Å²) in [6.45, 7) is 0.518. The lowest BCUT2D eigenvalue weighted by Crippen LogP contribution is -2.45. The number of hydrogen-bond donors (Lipinski definition) is 1. The number of rotatable bonds is 6. The van der Waals surface area contributed by atoms with Crippen LogP contribution in [0, 0.1) is 5.92 Å². The van der Waals surface area contributed by atoms with Crippen LogP contribution in [-0.4, -0.2) is 37.0 Å². The molecule has 1 aliphatic rings. The maximum atomic E-state index is 12.0. The third-order valence-electron chi connectivity index (χ3n) is 3.46. The zero-order chi connectivity index (χ0) is 13.8.